The largest absolute Gasteiger partial charge is 0.496 e. The molecule has 17 heavy (non-hydrogen) atoms. The van der Waals surface area contributed by atoms with Gasteiger partial charge >= 0.3 is 0 Å². The van der Waals surface area contributed by atoms with Gasteiger partial charge in [0.05, 0.1) is 7.11 Å². The topological polar surface area (TPSA) is 33.3 Å². The Balaban J connectivity index is 2.57. The second kappa shape index (κ2) is 6.50. The highest BCUT2D eigenvalue weighted by Crippen LogP contribution is 2.26. The number of ether oxygens (including phenoxy) is 1. The molecule has 0 spiro atoms. The van der Waals surface area contributed by atoms with Gasteiger partial charge in [0.2, 0.25) is 0 Å². The molecule has 0 aromatic heterocycles. The van der Waals surface area contributed by atoms with Crippen molar-refractivity contribution in [3.63, 3.8) is 0 Å². The molecule has 1 aromatic rings. The Hall–Kier alpha value is -1.22. The number of benzene rings is 1. The summed E-state index contributed by atoms with van der Waals surface area (Å²) in [6.45, 7) is 10.4. The molecule has 0 amide bonds. The Bertz CT molecular complexity index is 361. The average molecular weight is 236 g/mol. The van der Waals surface area contributed by atoms with E-state index in [0.717, 1.165) is 18.8 Å². The van der Waals surface area contributed by atoms with E-state index in [1.807, 2.05) is 6.07 Å². The second-order valence-corrected chi connectivity index (χ2v) is 4.60. The van der Waals surface area contributed by atoms with Crippen LogP contribution in [-0.2, 0) is 0 Å². The molecule has 0 aliphatic carbocycles. The zero-order chi connectivity index (χ0) is 12.8. The summed E-state index contributed by atoms with van der Waals surface area (Å²) in [6.07, 6.45) is 0. The van der Waals surface area contributed by atoms with Gasteiger partial charge in [-0.25, -0.2) is 0 Å². The van der Waals surface area contributed by atoms with Gasteiger partial charge in [-0.1, -0.05) is 13.8 Å². The van der Waals surface area contributed by atoms with E-state index in [-0.39, 0.29) is 0 Å². The van der Waals surface area contributed by atoms with Gasteiger partial charge in [-0.05, 0) is 37.1 Å². The molecule has 2 N–H and O–H groups in total. The van der Waals surface area contributed by atoms with E-state index in [1.54, 1.807) is 7.11 Å². The molecule has 0 radical (unpaired) electrons. The first-order valence-corrected chi connectivity index (χ1v) is 6.17. The van der Waals surface area contributed by atoms with Crippen LogP contribution in [0.15, 0.2) is 12.1 Å². The third kappa shape index (κ3) is 3.93. The van der Waals surface area contributed by atoms with Gasteiger partial charge in [-0.15, -0.1) is 0 Å². The Kier molecular flexibility index (Phi) is 5.29. The van der Waals surface area contributed by atoms with Crippen LogP contribution in [0.25, 0.3) is 0 Å². The fourth-order valence-electron chi connectivity index (χ4n) is 1.77. The van der Waals surface area contributed by atoms with Crippen LogP contribution in [0.5, 0.6) is 5.75 Å². The summed E-state index contributed by atoms with van der Waals surface area (Å²) in [4.78, 5) is 0. The molecule has 3 heteroatoms. The van der Waals surface area contributed by atoms with Crippen molar-refractivity contribution in [1.29, 1.82) is 0 Å². The second-order valence-electron chi connectivity index (χ2n) is 4.60. The van der Waals surface area contributed by atoms with Crippen molar-refractivity contribution in [2.24, 2.45) is 0 Å². The van der Waals surface area contributed by atoms with Gasteiger partial charge in [0.15, 0.2) is 0 Å². The first-order valence-electron chi connectivity index (χ1n) is 6.17. The molecular weight excluding hydrogens is 212 g/mol. The molecule has 0 unspecified atom stereocenters. The number of methoxy groups -OCH3 is 1. The van der Waals surface area contributed by atoms with Crippen LogP contribution >= 0.6 is 0 Å². The van der Waals surface area contributed by atoms with Crippen LogP contribution in [-0.4, -0.2) is 26.2 Å². The molecule has 96 valence electrons. The lowest BCUT2D eigenvalue weighted by Crippen LogP contribution is -2.28. The van der Waals surface area contributed by atoms with Crippen LogP contribution in [0, 0.1) is 13.8 Å². The maximum atomic E-state index is 5.30. The Morgan fingerprint density at radius 2 is 1.82 bits per heavy atom. The highest BCUT2D eigenvalue weighted by Gasteiger charge is 2.05. The molecule has 0 saturated carbocycles. The van der Waals surface area contributed by atoms with Crippen LogP contribution in [0.3, 0.4) is 0 Å². The lowest BCUT2D eigenvalue weighted by Gasteiger charge is -2.15. The smallest absolute Gasteiger partial charge is 0.122 e. The molecule has 0 bridgehead atoms. The minimum atomic E-state index is 0.538. The predicted molar refractivity (Wildman–Crippen MR) is 74.1 cm³/mol. The van der Waals surface area contributed by atoms with Crippen LogP contribution < -0.4 is 15.4 Å². The first kappa shape index (κ1) is 13.8. The minimum Gasteiger partial charge on any atom is -0.496 e. The van der Waals surface area contributed by atoms with Crippen molar-refractivity contribution in [1.82, 2.24) is 5.32 Å². The van der Waals surface area contributed by atoms with Gasteiger partial charge in [-0.3, -0.25) is 0 Å². The molecule has 1 aromatic carbocycles. The maximum absolute atomic E-state index is 5.30. The van der Waals surface area contributed by atoms with E-state index in [9.17, 15) is 0 Å². The normalized spacial score (nSPS) is 10.7. The summed E-state index contributed by atoms with van der Waals surface area (Å²) in [6, 6.07) is 4.63. The van der Waals surface area contributed by atoms with Gasteiger partial charge in [0.1, 0.15) is 5.75 Å². The summed E-state index contributed by atoms with van der Waals surface area (Å²) in [5.74, 6) is 0.952. The maximum Gasteiger partial charge on any atom is 0.122 e. The highest BCUT2D eigenvalue weighted by molar-refractivity contribution is 5.58. The van der Waals surface area contributed by atoms with Crippen molar-refractivity contribution in [2.75, 3.05) is 25.5 Å². The Morgan fingerprint density at radius 1 is 1.12 bits per heavy atom. The Labute approximate surface area is 105 Å². The third-order valence-electron chi connectivity index (χ3n) is 2.95. The monoisotopic (exact) mass is 236 g/mol. The van der Waals surface area contributed by atoms with Gasteiger partial charge in [-0.2, -0.15) is 0 Å². The minimum absolute atomic E-state index is 0.538. The van der Waals surface area contributed by atoms with Crippen molar-refractivity contribution in [3.05, 3.63) is 23.3 Å². The zero-order valence-electron chi connectivity index (χ0n) is 11.6. The van der Waals surface area contributed by atoms with Crippen molar-refractivity contribution >= 4 is 5.69 Å². The molecule has 0 heterocycles. The van der Waals surface area contributed by atoms with E-state index in [1.165, 1.54) is 16.8 Å². The quantitative estimate of drug-likeness (QED) is 0.745. The summed E-state index contributed by atoms with van der Waals surface area (Å²) < 4.78 is 5.30. The molecule has 0 aliphatic rings. The Morgan fingerprint density at radius 3 is 2.41 bits per heavy atom. The van der Waals surface area contributed by atoms with Crippen LogP contribution in [0.1, 0.15) is 25.0 Å². The summed E-state index contributed by atoms with van der Waals surface area (Å²) >= 11 is 0. The molecule has 0 atom stereocenters. The van der Waals surface area contributed by atoms with Crippen molar-refractivity contribution < 1.29 is 4.74 Å². The fourth-order valence-corrected chi connectivity index (χ4v) is 1.77. The van der Waals surface area contributed by atoms with Crippen molar-refractivity contribution in [3.8, 4) is 5.75 Å². The first-order chi connectivity index (χ1) is 8.06. The van der Waals surface area contributed by atoms with Gasteiger partial charge < -0.3 is 15.4 Å². The predicted octanol–water partition coefficient (Wildman–Crippen LogP) is 2.72. The summed E-state index contributed by atoms with van der Waals surface area (Å²) in [7, 11) is 1.71. The molecule has 0 fully saturated rings. The van der Waals surface area contributed by atoms with E-state index >= 15 is 0 Å². The molecule has 0 aliphatic heterocycles. The zero-order valence-corrected chi connectivity index (χ0v) is 11.6. The SMILES string of the molecule is COc1ccc(NCCNC(C)C)c(C)c1C. The van der Waals surface area contributed by atoms with Crippen LogP contribution in [0.2, 0.25) is 0 Å². The third-order valence-corrected chi connectivity index (χ3v) is 2.95. The molecule has 3 nitrogen and oxygen atoms in total. The standard InChI is InChI=1S/C14H24N2O/c1-10(2)15-8-9-16-13-6-7-14(17-5)12(4)11(13)3/h6-7,10,15-16H,8-9H2,1-5H3. The number of rotatable bonds is 6. The summed E-state index contributed by atoms with van der Waals surface area (Å²) in [5, 5.41) is 6.83. The van der Waals surface area contributed by atoms with Crippen molar-refractivity contribution in [2.45, 2.75) is 33.7 Å². The lowest BCUT2D eigenvalue weighted by atomic mass is 10.1. The number of hydrogen-bond donors (Lipinski definition) is 2. The molecule has 0 saturated heterocycles. The fraction of sp³-hybridized carbons (Fsp3) is 0.571. The van der Waals surface area contributed by atoms with E-state index < -0.39 is 0 Å². The highest BCUT2D eigenvalue weighted by atomic mass is 16.5. The van der Waals surface area contributed by atoms with E-state index in [0.29, 0.717) is 6.04 Å². The van der Waals surface area contributed by atoms with Crippen LogP contribution in [0.4, 0.5) is 5.69 Å². The van der Waals surface area contributed by atoms with Gasteiger partial charge in [0.25, 0.3) is 0 Å². The number of anilines is 1. The summed E-state index contributed by atoms with van der Waals surface area (Å²) in [5.41, 5.74) is 3.65. The lowest BCUT2D eigenvalue weighted by molar-refractivity contribution is 0.411. The van der Waals surface area contributed by atoms with E-state index in [4.69, 9.17) is 4.74 Å². The molecular formula is C14H24N2O. The number of hydrogen-bond acceptors (Lipinski definition) is 3. The average Bonchev–Trinajstić information content (AvgIpc) is 2.29. The molecule has 1 rings (SSSR count). The van der Waals surface area contributed by atoms with E-state index in [2.05, 4.69) is 44.4 Å². The van der Waals surface area contributed by atoms with Gasteiger partial charge in [0, 0.05) is 24.8 Å². The number of nitrogens with one attached hydrogen (secondary N) is 2.